The summed E-state index contributed by atoms with van der Waals surface area (Å²) in [5.74, 6) is 0. The predicted octanol–water partition coefficient (Wildman–Crippen LogP) is 4.12. The van der Waals surface area contributed by atoms with Crippen LogP contribution in [0, 0.1) is 11.3 Å². The maximum atomic E-state index is 13.3. The SMILES string of the molecule is COCCn1c(Sc2snc(Cl)c2C#N)nc2sc3c(c2c1=O)CCCC3. The molecule has 0 amide bonds. The van der Waals surface area contributed by atoms with Crippen molar-refractivity contribution in [2.24, 2.45) is 0 Å². The first-order chi connectivity index (χ1) is 13.1. The van der Waals surface area contributed by atoms with Gasteiger partial charge in [0.05, 0.1) is 18.5 Å². The van der Waals surface area contributed by atoms with Crippen molar-refractivity contribution in [1.82, 2.24) is 13.9 Å². The molecule has 6 nitrogen and oxygen atoms in total. The molecule has 140 valence electrons. The molecular weight excluding hydrogens is 424 g/mol. The Morgan fingerprint density at radius 1 is 1.41 bits per heavy atom. The maximum absolute atomic E-state index is 13.3. The van der Waals surface area contributed by atoms with Gasteiger partial charge in [0, 0.05) is 12.0 Å². The van der Waals surface area contributed by atoms with Crippen LogP contribution in [-0.4, -0.2) is 27.6 Å². The Balaban J connectivity index is 1.88. The molecule has 0 fully saturated rings. The Bertz CT molecular complexity index is 1110. The van der Waals surface area contributed by atoms with Gasteiger partial charge in [-0.05, 0) is 54.5 Å². The van der Waals surface area contributed by atoms with Crippen LogP contribution in [0.25, 0.3) is 10.2 Å². The van der Waals surface area contributed by atoms with E-state index in [1.807, 2.05) is 0 Å². The number of hydrogen-bond donors (Lipinski definition) is 0. The van der Waals surface area contributed by atoms with Crippen molar-refractivity contribution < 1.29 is 4.74 Å². The first-order valence-corrected chi connectivity index (χ1v) is 11.2. The number of hydrogen-bond acceptors (Lipinski definition) is 8. The zero-order valence-electron chi connectivity index (χ0n) is 14.5. The van der Waals surface area contributed by atoms with Gasteiger partial charge in [-0.1, -0.05) is 11.6 Å². The van der Waals surface area contributed by atoms with Crippen LogP contribution in [0.5, 0.6) is 0 Å². The van der Waals surface area contributed by atoms with Crippen molar-refractivity contribution in [1.29, 1.82) is 5.26 Å². The van der Waals surface area contributed by atoms with Crippen LogP contribution < -0.4 is 5.56 Å². The van der Waals surface area contributed by atoms with Gasteiger partial charge in [-0.2, -0.15) is 9.64 Å². The highest BCUT2D eigenvalue weighted by atomic mass is 35.5. The molecule has 0 saturated carbocycles. The molecule has 0 N–H and O–H groups in total. The second-order valence-electron chi connectivity index (χ2n) is 6.08. The largest absolute Gasteiger partial charge is 0.383 e. The summed E-state index contributed by atoms with van der Waals surface area (Å²) in [6.07, 6.45) is 4.22. The highest BCUT2D eigenvalue weighted by Crippen LogP contribution is 2.38. The van der Waals surface area contributed by atoms with Crippen molar-refractivity contribution >= 4 is 56.4 Å². The lowest BCUT2D eigenvalue weighted by atomic mass is 9.97. The summed E-state index contributed by atoms with van der Waals surface area (Å²) in [6.45, 7) is 0.807. The standard InChI is InChI=1S/C17H15ClN4O2S3/c1-24-7-6-22-15(23)12-9-4-2-3-5-11(9)25-14(12)20-17(22)26-16-10(8-19)13(18)21-27-16/h2-7H2,1H3. The van der Waals surface area contributed by atoms with Crippen LogP contribution in [0.4, 0.5) is 0 Å². The van der Waals surface area contributed by atoms with E-state index < -0.39 is 0 Å². The van der Waals surface area contributed by atoms with Crippen LogP contribution >= 0.6 is 46.2 Å². The first-order valence-electron chi connectivity index (χ1n) is 8.41. The molecule has 0 atom stereocenters. The Labute approximate surface area is 172 Å². The number of ether oxygens (including phenoxy) is 1. The van der Waals surface area contributed by atoms with Gasteiger partial charge < -0.3 is 4.74 Å². The second kappa shape index (κ2) is 7.89. The second-order valence-corrected chi connectivity index (χ2v) is 9.54. The number of aromatic nitrogens is 3. The molecule has 0 aliphatic heterocycles. The van der Waals surface area contributed by atoms with Crippen LogP contribution in [0.1, 0.15) is 28.8 Å². The molecule has 0 unspecified atom stereocenters. The monoisotopic (exact) mass is 438 g/mol. The highest BCUT2D eigenvalue weighted by Gasteiger charge is 2.23. The third-order valence-corrected chi connectivity index (χ3v) is 8.03. The van der Waals surface area contributed by atoms with Crippen molar-refractivity contribution in [3.8, 4) is 6.07 Å². The van der Waals surface area contributed by atoms with Gasteiger partial charge in [-0.25, -0.2) is 4.98 Å². The van der Waals surface area contributed by atoms with Crippen LogP contribution in [0.2, 0.25) is 5.15 Å². The smallest absolute Gasteiger partial charge is 0.263 e. The van der Waals surface area contributed by atoms with Gasteiger partial charge in [0.15, 0.2) is 10.3 Å². The molecule has 0 saturated heterocycles. The number of fused-ring (bicyclic) bond motifs is 3. The highest BCUT2D eigenvalue weighted by molar-refractivity contribution is 8.01. The predicted molar refractivity (Wildman–Crippen MR) is 108 cm³/mol. The molecule has 0 spiro atoms. The van der Waals surface area contributed by atoms with Crippen molar-refractivity contribution in [2.75, 3.05) is 13.7 Å². The minimum atomic E-state index is -0.0342. The van der Waals surface area contributed by atoms with E-state index in [0.717, 1.165) is 47.4 Å². The van der Waals surface area contributed by atoms with Gasteiger partial charge in [0.25, 0.3) is 5.56 Å². The Morgan fingerprint density at radius 2 is 2.22 bits per heavy atom. The maximum Gasteiger partial charge on any atom is 0.263 e. The Hall–Kier alpha value is -1.44. The van der Waals surface area contributed by atoms with Crippen LogP contribution in [0.3, 0.4) is 0 Å². The number of aryl methyl sites for hydroxylation is 2. The fraction of sp³-hybridized carbons (Fsp3) is 0.412. The van der Waals surface area contributed by atoms with Crippen LogP contribution in [0.15, 0.2) is 14.2 Å². The summed E-state index contributed by atoms with van der Waals surface area (Å²) in [7, 11) is 1.60. The molecule has 3 aromatic heterocycles. The molecule has 0 bridgehead atoms. The van der Waals surface area contributed by atoms with Gasteiger partial charge in [0.1, 0.15) is 20.7 Å². The number of halogens is 1. The Kier molecular flexibility index (Phi) is 5.53. The van der Waals surface area contributed by atoms with E-state index in [-0.39, 0.29) is 10.7 Å². The number of nitriles is 1. The van der Waals surface area contributed by atoms with Crippen molar-refractivity contribution in [3.63, 3.8) is 0 Å². The zero-order valence-corrected chi connectivity index (χ0v) is 17.7. The summed E-state index contributed by atoms with van der Waals surface area (Å²) in [5, 5.41) is 10.8. The fourth-order valence-corrected chi connectivity index (χ4v) is 6.64. The summed E-state index contributed by atoms with van der Waals surface area (Å²) >= 11 is 10.0. The van der Waals surface area contributed by atoms with Gasteiger partial charge >= 0.3 is 0 Å². The lowest BCUT2D eigenvalue weighted by Crippen LogP contribution is -2.25. The topological polar surface area (TPSA) is 80.8 Å². The van der Waals surface area contributed by atoms with E-state index in [1.54, 1.807) is 23.0 Å². The van der Waals surface area contributed by atoms with E-state index in [4.69, 9.17) is 21.3 Å². The lowest BCUT2D eigenvalue weighted by molar-refractivity contribution is 0.183. The fourth-order valence-electron chi connectivity index (χ4n) is 3.18. The summed E-state index contributed by atoms with van der Waals surface area (Å²) in [6, 6.07) is 2.08. The number of methoxy groups -OCH3 is 1. The normalized spacial score (nSPS) is 13.7. The Morgan fingerprint density at radius 3 is 3.00 bits per heavy atom. The van der Waals surface area contributed by atoms with E-state index in [9.17, 15) is 10.1 Å². The average Bonchev–Trinajstić information content (AvgIpc) is 3.21. The third kappa shape index (κ3) is 3.41. The number of nitrogens with zero attached hydrogens (tertiary/aromatic N) is 4. The van der Waals surface area contributed by atoms with Gasteiger partial charge in [-0.15, -0.1) is 11.3 Å². The first kappa shape index (κ1) is 18.9. The molecule has 1 aliphatic carbocycles. The summed E-state index contributed by atoms with van der Waals surface area (Å²) in [4.78, 5) is 20.1. The van der Waals surface area contributed by atoms with Crippen LogP contribution in [-0.2, 0) is 24.1 Å². The van der Waals surface area contributed by atoms with Crippen molar-refractivity contribution in [2.45, 2.75) is 41.6 Å². The van der Waals surface area contributed by atoms with E-state index >= 15 is 0 Å². The molecule has 0 aromatic carbocycles. The van der Waals surface area contributed by atoms with Gasteiger partial charge in [0.2, 0.25) is 0 Å². The molecule has 3 aromatic rings. The molecule has 4 rings (SSSR count). The van der Waals surface area contributed by atoms with E-state index in [1.165, 1.54) is 22.2 Å². The number of thiophene rings is 1. The average molecular weight is 439 g/mol. The van der Waals surface area contributed by atoms with Gasteiger partial charge in [-0.3, -0.25) is 9.36 Å². The molecule has 3 heterocycles. The van der Waals surface area contributed by atoms with Crippen molar-refractivity contribution in [3.05, 3.63) is 31.5 Å². The summed E-state index contributed by atoms with van der Waals surface area (Å²) in [5.41, 5.74) is 1.46. The van der Waals surface area contributed by atoms with E-state index in [2.05, 4.69) is 10.4 Å². The minimum Gasteiger partial charge on any atom is -0.383 e. The minimum absolute atomic E-state index is 0.0342. The molecule has 27 heavy (non-hydrogen) atoms. The molecule has 10 heteroatoms. The molecule has 1 aliphatic rings. The lowest BCUT2D eigenvalue weighted by Gasteiger charge is -2.12. The zero-order chi connectivity index (χ0) is 19.0. The third-order valence-electron chi connectivity index (χ3n) is 4.47. The number of rotatable bonds is 5. The molecular formula is C17H15ClN4O2S3. The quantitative estimate of drug-likeness (QED) is 0.557. The van der Waals surface area contributed by atoms with E-state index in [0.29, 0.717) is 28.1 Å². The summed E-state index contributed by atoms with van der Waals surface area (Å²) < 4.78 is 11.5. The molecule has 0 radical (unpaired) electrons.